The summed E-state index contributed by atoms with van der Waals surface area (Å²) in [7, 11) is 0. The summed E-state index contributed by atoms with van der Waals surface area (Å²) in [5.74, 6) is 0.860. The van der Waals surface area contributed by atoms with Gasteiger partial charge in [-0.2, -0.15) is 18.2 Å². The second-order valence-electron chi connectivity index (χ2n) is 8.73. The third-order valence-corrected chi connectivity index (χ3v) is 6.62. The van der Waals surface area contributed by atoms with Gasteiger partial charge in [0.05, 0.1) is 5.56 Å². The number of rotatable bonds is 7. The van der Waals surface area contributed by atoms with E-state index in [0.717, 1.165) is 44.5 Å². The summed E-state index contributed by atoms with van der Waals surface area (Å²) in [5.41, 5.74) is 7.11. The number of nitrogens with one attached hydrogen (secondary N) is 1. The smallest absolute Gasteiger partial charge is 0.366 e. The van der Waals surface area contributed by atoms with E-state index in [-0.39, 0.29) is 17.6 Å². The zero-order valence-corrected chi connectivity index (χ0v) is 19.7. The number of nitrogens with zero attached hydrogens (tertiary/aromatic N) is 4. The van der Waals surface area contributed by atoms with Gasteiger partial charge < -0.3 is 10.6 Å². The van der Waals surface area contributed by atoms with Crippen LogP contribution in [0.2, 0.25) is 5.02 Å². The predicted molar refractivity (Wildman–Crippen MR) is 128 cm³/mol. The lowest BCUT2D eigenvalue weighted by molar-refractivity contribution is -0.138. The van der Waals surface area contributed by atoms with Crippen LogP contribution in [0.3, 0.4) is 0 Å². The van der Waals surface area contributed by atoms with Crippen molar-refractivity contribution in [2.24, 2.45) is 0 Å². The fourth-order valence-corrected chi connectivity index (χ4v) is 4.60. The van der Waals surface area contributed by atoms with Crippen molar-refractivity contribution in [1.82, 2.24) is 20.1 Å². The minimum atomic E-state index is -4.36. The number of anilines is 2. The second-order valence-corrected chi connectivity index (χ2v) is 9.17. The molecule has 3 aromatic rings. The average molecular weight is 493 g/mol. The lowest BCUT2D eigenvalue weighted by Gasteiger charge is -2.38. The highest BCUT2D eigenvalue weighted by molar-refractivity contribution is 6.30. The van der Waals surface area contributed by atoms with Crippen LogP contribution in [0, 0.1) is 6.92 Å². The highest BCUT2D eigenvalue weighted by Gasteiger charge is 2.33. The van der Waals surface area contributed by atoms with Crippen LogP contribution in [0.4, 0.5) is 25.1 Å². The molecule has 1 aliphatic rings. The van der Waals surface area contributed by atoms with Gasteiger partial charge in [-0.15, -0.1) is 5.10 Å². The Bertz CT molecular complexity index is 1090. The van der Waals surface area contributed by atoms with E-state index in [4.69, 9.17) is 17.3 Å². The molecule has 0 saturated carbocycles. The van der Waals surface area contributed by atoms with Gasteiger partial charge in [-0.25, -0.2) is 5.10 Å². The van der Waals surface area contributed by atoms with Gasteiger partial charge in [0.15, 0.2) is 0 Å². The van der Waals surface area contributed by atoms with Crippen LogP contribution < -0.4 is 10.6 Å². The maximum atomic E-state index is 13.5. The summed E-state index contributed by atoms with van der Waals surface area (Å²) in [6.07, 6.45) is -1.86. The number of aryl methyl sites for hydroxylation is 1. The van der Waals surface area contributed by atoms with Crippen LogP contribution >= 0.6 is 11.6 Å². The van der Waals surface area contributed by atoms with Crippen molar-refractivity contribution in [3.8, 4) is 0 Å². The van der Waals surface area contributed by atoms with Crippen LogP contribution in [0.15, 0.2) is 42.5 Å². The molecular weight excluding hydrogens is 465 g/mol. The predicted octanol–water partition coefficient (Wildman–Crippen LogP) is 5.08. The van der Waals surface area contributed by atoms with Gasteiger partial charge in [0.1, 0.15) is 0 Å². The molecule has 1 fully saturated rings. The lowest BCUT2D eigenvalue weighted by Crippen LogP contribution is -2.45. The molecule has 0 aliphatic carbocycles. The largest absolute Gasteiger partial charge is 0.416 e. The first-order valence-corrected chi connectivity index (χ1v) is 11.6. The quantitative estimate of drug-likeness (QED) is 0.481. The maximum absolute atomic E-state index is 13.5. The molecular formula is C24H28ClF3N6. The Morgan fingerprint density at radius 1 is 1.12 bits per heavy atom. The fraction of sp³-hybridized carbons (Fsp3) is 0.417. The zero-order valence-electron chi connectivity index (χ0n) is 18.9. The Balaban J connectivity index is 1.49. The third kappa shape index (κ3) is 6.01. The standard InChI is InChI=1S/C24H28ClF3N6/c1-16-2-3-18(14-21(16)24(26,27)28)15-34(11-8-17-4-6-19(25)7-5-17)20-9-12-33(13-10-20)23-30-22(29)31-32-23/h2-7,14,20H,8-13,15H2,1H3,(H3,29,30,31,32). The maximum Gasteiger partial charge on any atom is 0.416 e. The van der Waals surface area contributed by atoms with E-state index in [1.807, 2.05) is 24.3 Å². The molecule has 2 aromatic carbocycles. The number of piperidine rings is 1. The van der Waals surface area contributed by atoms with E-state index in [9.17, 15) is 13.2 Å². The molecule has 1 aliphatic heterocycles. The average Bonchev–Trinajstić information content (AvgIpc) is 3.24. The van der Waals surface area contributed by atoms with Crippen LogP contribution in [0.25, 0.3) is 0 Å². The summed E-state index contributed by atoms with van der Waals surface area (Å²) in [4.78, 5) is 8.60. The number of aromatic amines is 1. The number of hydrogen-bond donors (Lipinski definition) is 2. The van der Waals surface area contributed by atoms with Gasteiger partial charge in [-0.05, 0) is 61.1 Å². The normalized spacial score (nSPS) is 15.3. The molecule has 10 heteroatoms. The van der Waals surface area contributed by atoms with Gasteiger partial charge in [0, 0.05) is 37.2 Å². The fourth-order valence-electron chi connectivity index (χ4n) is 4.47. The van der Waals surface area contributed by atoms with Crippen LogP contribution in [-0.2, 0) is 19.1 Å². The molecule has 0 bridgehead atoms. The molecule has 0 amide bonds. The first-order chi connectivity index (χ1) is 16.2. The number of hydrogen-bond acceptors (Lipinski definition) is 5. The summed E-state index contributed by atoms with van der Waals surface area (Å²) in [6, 6.07) is 12.6. The van der Waals surface area contributed by atoms with Crippen molar-refractivity contribution in [3.63, 3.8) is 0 Å². The summed E-state index contributed by atoms with van der Waals surface area (Å²) in [6.45, 7) is 4.21. The molecule has 4 rings (SSSR count). The molecule has 34 heavy (non-hydrogen) atoms. The summed E-state index contributed by atoms with van der Waals surface area (Å²) in [5, 5.41) is 7.42. The molecule has 182 valence electrons. The van der Waals surface area contributed by atoms with Crippen molar-refractivity contribution in [2.45, 2.75) is 44.9 Å². The number of halogens is 4. The minimum absolute atomic E-state index is 0.210. The van der Waals surface area contributed by atoms with Crippen molar-refractivity contribution >= 4 is 23.5 Å². The number of alkyl halides is 3. The van der Waals surface area contributed by atoms with E-state index in [0.29, 0.717) is 23.1 Å². The Hall–Kier alpha value is -2.78. The number of H-pyrrole nitrogens is 1. The topological polar surface area (TPSA) is 74.1 Å². The summed E-state index contributed by atoms with van der Waals surface area (Å²) < 4.78 is 40.4. The van der Waals surface area contributed by atoms with E-state index >= 15 is 0 Å². The van der Waals surface area contributed by atoms with Gasteiger partial charge >= 0.3 is 6.18 Å². The molecule has 0 atom stereocenters. The number of benzene rings is 2. The van der Waals surface area contributed by atoms with Crippen molar-refractivity contribution in [2.75, 3.05) is 30.3 Å². The Morgan fingerprint density at radius 2 is 1.79 bits per heavy atom. The van der Waals surface area contributed by atoms with Crippen molar-refractivity contribution < 1.29 is 13.2 Å². The Kier molecular flexibility index (Phi) is 7.33. The molecule has 0 radical (unpaired) electrons. The SMILES string of the molecule is Cc1ccc(CN(CCc2ccc(Cl)cc2)C2CCN(c3nc(N)n[nH]3)CC2)cc1C(F)(F)F. The molecule has 0 unspecified atom stereocenters. The molecule has 0 spiro atoms. The van der Waals surface area contributed by atoms with Gasteiger partial charge in [0.25, 0.3) is 0 Å². The zero-order chi connectivity index (χ0) is 24.3. The van der Waals surface area contributed by atoms with E-state index in [2.05, 4.69) is 25.0 Å². The van der Waals surface area contributed by atoms with E-state index in [1.165, 1.54) is 13.0 Å². The van der Waals surface area contributed by atoms with Crippen LogP contribution in [0.1, 0.15) is 35.1 Å². The number of aromatic nitrogens is 3. The molecule has 6 nitrogen and oxygen atoms in total. The molecule has 1 saturated heterocycles. The van der Waals surface area contributed by atoms with E-state index in [1.54, 1.807) is 12.1 Å². The highest BCUT2D eigenvalue weighted by Crippen LogP contribution is 2.33. The van der Waals surface area contributed by atoms with Crippen molar-refractivity contribution in [1.29, 1.82) is 0 Å². The lowest BCUT2D eigenvalue weighted by atomic mass is 9.99. The first-order valence-electron chi connectivity index (χ1n) is 11.3. The first kappa shape index (κ1) is 24.3. The van der Waals surface area contributed by atoms with Gasteiger partial charge in [-0.1, -0.05) is 35.9 Å². The summed E-state index contributed by atoms with van der Waals surface area (Å²) >= 11 is 6.01. The highest BCUT2D eigenvalue weighted by atomic mass is 35.5. The molecule has 1 aromatic heterocycles. The number of nitrogen functional groups attached to an aromatic ring is 1. The van der Waals surface area contributed by atoms with Crippen molar-refractivity contribution in [3.05, 3.63) is 69.7 Å². The number of nitrogens with two attached hydrogens (primary N) is 1. The van der Waals surface area contributed by atoms with Gasteiger partial charge in [-0.3, -0.25) is 4.90 Å². The third-order valence-electron chi connectivity index (χ3n) is 6.37. The van der Waals surface area contributed by atoms with Gasteiger partial charge in [0.2, 0.25) is 11.9 Å². The molecule has 3 N–H and O–H groups in total. The Morgan fingerprint density at radius 3 is 2.41 bits per heavy atom. The second kappa shape index (κ2) is 10.2. The molecule has 2 heterocycles. The monoisotopic (exact) mass is 492 g/mol. The minimum Gasteiger partial charge on any atom is -0.366 e. The van der Waals surface area contributed by atoms with E-state index < -0.39 is 11.7 Å². The van der Waals surface area contributed by atoms with Crippen LogP contribution in [0.5, 0.6) is 0 Å². The Labute approximate surface area is 201 Å². The van der Waals surface area contributed by atoms with Crippen LogP contribution in [-0.4, -0.2) is 45.8 Å².